The molecule has 32 heavy (non-hydrogen) atoms. The lowest BCUT2D eigenvalue weighted by molar-refractivity contribution is -0.147. The van der Waals surface area contributed by atoms with Crippen LogP contribution in [0.1, 0.15) is 16.7 Å². The van der Waals surface area contributed by atoms with Gasteiger partial charge in [-0.1, -0.05) is 42.5 Å². The van der Waals surface area contributed by atoms with Crippen molar-refractivity contribution in [3.63, 3.8) is 0 Å². The molecule has 2 heterocycles. The highest BCUT2D eigenvalue weighted by atomic mass is 19.1. The molecule has 1 N–H and O–H groups in total. The van der Waals surface area contributed by atoms with Crippen molar-refractivity contribution < 1.29 is 18.7 Å². The minimum atomic E-state index is -0.741. The van der Waals surface area contributed by atoms with E-state index < -0.39 is 5.97 Å². The third-order valence-electron chi connectivity index (χ3n) is 6.15. The maximum Gasteiger partial charge on any atom is 0.309 e. The third kappa shape index (κ3) is 4.30. The van der Waals surface area contributed by atoms with Gasteiger partial charge < -0.3 is 14.4 Å². The van der Waals surface area contributed by atoms with Gasteiger partial charge in [-0.2, -0.15) is 0 Å². The number of aliphatic carboxylic acids is 1. The van der Waals surface area contributed by atoms with Gasteiger partial charge in [0.2, 0.25) is 0 Å². The van der Waals surface area contributed by atoms with E-state index in [-0.39, 0.29) is 11.7 Å². The van der Waals surface area contributed by atoms with E-state index >= 15 is 0 Å². The molecule has 0 spiro atoms. The van der Waals surface area contributed by atoms with Crippen LogP contribution in [0.2, 0.25) is 0 Å². The van der Waals surface area contributed by atoms with Crippen LogP contribution < -0.4 is 0 Å². The van der Waals surface area contributed by atoms with Gasteiger partial charge in [-0.05, 0) is 59.9 Å². The Balaban J connectivity index is 1.28. The smallest absolute Gasteiger partial charge is 0.309 e. The molecule has 0 radical (unpaired) electrons. The first kappa shape index (κ1) is 20.5. The summed E-state index contributed by atoms with van der Waals surface area (Å²) in [5.74, 6) is -0.795. The van der Waals surface area contributed by atoms with Gasteiger partial charge >= 0.3 is 5.97 Å². The Kier molecular flexibility index (Phi) is 5.50. The Labute approximate surface area is 185 Å². The van der Waals surface area contributed by atoms with Crippen molar-refractivity contribution >= 4 is 16.9 Å². The highest BCUT2D eigenvalue weighted by Gasteiger charge is 2.31. The summed E-state index contributed by atoms with van der Waals surface area (Å²) in [6, 6.07) is 23.5. The summed E-state index contributed by atoms with van der Waals surface area (Å²) in [6.45, 7) is 1.87. The number of carbonyl (C=O) groups is 1. The van der Waals surface area contributed by atoms with Crippen molar-refractivity contribution in [3.05, 3.63) is 95.3 Å². The number of furan rings is 1. The maximum atomic E-state index is 14.9. The molecule has 5 heteroatoms. The predicted molar refractivity (Wildman–Crippen MR) is 122 cm³/mol. The molecule has 1 aromatic heterocycles. The normalized spacial score (nSPS) is 14.5. The summed E-state index contributed by atoms with van der Waals surface area (Å²) >= 11 is 0. The molecule has 5 rings (SSSR count). The van der Waals surface area contributed by atoms with Crippen LogP contribution in [0.4, 0.5) is 4.39 Å². The summed E-state index contributed by atoms with van der Waals surface area (Å²) in [6.07, 6.45) is 1.52. The zero-order valence-corrected chi connectivity index (χ0v) is 17.6. The Morgan fingerprint density at radius 1 is 0.969 bits per heavy atom. The quantitative estimate of drug-likeness (QED) is 0.428. The average molecular weight is 429 g/mol. The number of carboxylic acids is 1. The van der Waals surface area contributed by atoms with E-state index in [0.717, 1.165) is 29.5 Å². The van der Waals surface area contributed by atoms with E-state index in [1.807, 2.05) is 42.5 Å². The Morgan fingerprint density at radius 3 is 2.50 bits per heavy atom. The monoisotopic (exact) mass is 429 g/mol. The van der Waals surface area contributed by atoms with Crippen LogP contribution in [-0.4, -0.2) is 35.6 Å². The maximum absolute atomic E-state index is 14.9. The summed E-state index contributed by atoms with van der Waals surface area (Å²) in [5.41, 5.74) is 4.51. The second kappa shape index (κ2) is 8.60. The molecule has 162 valence electrons. The van der Waals surface area contributed by atoms with Gasteiger partial charge in [-0.3, -0.25) is 4.79 Å². The van der Waals surface area contributed by atoms with Crippen LogP contribution in [0.3, 0.4) is 0 Å². The lowest BCUT2D eigenvalue weighted by Gasteiger charge is -2.36. The Morgan fingerprint density at radius 2 is 1.75 bits per heavy atom. The number of benzene rings is 3. The predicted octanol–water partition coefficient (Wildman–Crippen LogP) is 5.39. The van der Waals surface area contributed by atoms with Gasteiger partial charge in [0.05, 0.1) is 11.5 Å². The molecule has 0 atom stereocenters. The molecule has 3 aromatic carbocycles. The Hall–Kier alpha value is -3.44. The SMILES string of the molecule is O=C(O)C1CN(CCc2ccc(-c3cc4cc(Cc5ccccc5)ccc4o3)c(F)c2)C1. The first-order valence-electron chi connectivity index (χ1n) is 10.9. The summed E-state index contributed by atoms with van der Waals surface area (Å²) in [7, 11) is 0. The zero-order valence-electron chi connectivity index (χ0n) is 17.6. The van der Waals surface area contributed by atoms with Crippen LogP contribution >= 0.6 is 0 Å². The van der Waals surface area contributed by atoms with Gasteiger partial charge in [0.25, 0.3) is 0 Å². The van der Waals surface area contributed by atoms with Gasteiger partial charge in [-0.15, -0.1) is 0 Å². The number of rotatable bonds is 7. The molecule has 1 aliphatic rings. The topological polar surface area (TPSA) is 53.7 Å². The van der Waals surface area contributed by atoms with Crippen LogP contribution in [0.15, 0.2) is 77.2 Å². The fourth-order valence-electron chi connectivity index (χ4n) is 4.28. The minimum absolute atomic E-state index is 0.268. The number of hydrogen-bond donors (Lipinski definition) is 1. The summed E-state index contributed by atoms with van der Waals surface area (Å²) in [5, 5.41) is 9.92. The van der Waals surface area contributed by atoms with Crippen molar-refractivity contribution in [1.29, 1.82) is 0 Å². The molecule has 0 unspecified atom stereocenters. The molecule has 0 aliphatic carbocycles. The molecule has 1 fully saturated rings. The lowest BCUT2D eigenvalue weighted by Crippen LogP contribution is -2.50. The van der Waals surface area contributed by atoms with E-state index in [9.17, 15) is 9.18 Å². The minimum Gasteiger partial charge on any atom is -0.481 e. The van der Waals surface area contributed by atoms with Crippen LogP contribution in [-0.2, 0) is 17.6 Å². The molecular weight excluding hydrogens is 405 g/mol. The van der Waals surface area contributed by atoms with E-state index in [1.54, 1.807) is 12.1 Å². The molecule has 1 saturated heterocycles. The largest absolute Gasteiger partial charge is 0.481 e. The van der Waals surface area contributed by atoms with Crippen LogP contribution in [0, 0.1) is 11.7 Å². The number of likely N-dealkylation sites (tertiary alicyclic amines) is 1. The number of fused-ring (bicyclic) bond motifs is 1. The highest BCUT2D eigenvalue weighted by Crippen LogP contribution is 2.31. The van der Waals surface area contributed by atoms with Crippen molar-refractivity contribution in [3.8, 4) is 11.3 Å². The van der Waals surface area contributed by atoms with Gasteiger partial charge in [0.15, 0.2) is 0 Å². The van der Waals surface area contributed by atoms with Crippen molar-refractivity contribution in [2.24, 2.45) is 5.92 Å². The summed E-state index contributed by atoms with van der Waals surface area (Å²) < 4.78 is 20.8. The van der Waals surface area contributed by atoms with E-state index in [0.29, 0.717) is 30.8 Å². The second-order valence-corrected chi connectivity index (χ2v) is 8.50. The zero-order chi connectivity index (χ0) is 22.1. The van der Waals surface area contributed by atoms with Crippen LogP contribution in [0.25, 0.3) is 22.3 Å². The molecule has 0 saturated carbocycles. The van der Waals surface area contributed by atoms with Gasteiger partial charge in [0, 0.05) is 25.0 Å². The van der Waals surface area contributed by atoms with E-state index in [1.165, 1.54) is 11.1 Å². The average Bonchev–Trinajstić information content (AvgIpc) is 3.16. The highest BCUT2D eigenvalue weighted by molar-refractivity contribution is 5.83. The number of halogens is 1. The lowest BCUT2D eigenvalue weighted by atomic mass is 9.99. The fraction of sp³-hybridized carbons (Fsp3) is 0.222. The molecule has 4 aromatic rings. The number of hydrogen-bond acceptors (Lipinski definition) is 3. The molecular formula is C27H24FNO3. The van der Waals surface area contributed by atoms with Gasteiger partial charge in [-0.25, -0.2) is 4.39 Å². The van der Waals surface area contributed by atoms with Crippen molar-refractivity contribution in [2.75, 3.05) is 19.6 Å². The Bertz CT molecular complexity index is 1260. The van der Waals surface area contributed by atoms with E-state index in [2.05, 4.69) is 23.1 Å². The molecule has 0 amide bonds. The number of nitrogens with zero attached hydrogens (tertiary/aromatic N) is 1. The van der Waals surface area contributed by atoms with Crippen LogP contribution in [0.5, 0.6) is 0 Å². The van der Waals surface area contributed by atoms with Crippen molar-refractivity contribution in [1.82, 2.24) is 4.90 Å². The summed E-state index contributed by atoms with van der Waals surface area (Å²) in [4.78, 5) is 13.0. The number of carboxylic acid groups (broad SMARTS) is 1. The third-order valence-corrected chi connectivity index (χ3v) is 6.15. The van der Waals surface area contributed by atoms with Crippen molar-refractivity contribution in [2.45, 2.75) is 12.8 Å². The molecule has 0 bridgehead atoms. The van der Waals surface area contributed by atoms with Gasteiger partial charge in [0.1, 0.15) is 17.2 Å². The fourth-order valence-corrected chi connectivity index (χ4v) is 4.28. The first-order valence-corrected chi connectivity index (χ1v) is 10.9. The standard InChI is InChI=1S/C27H24FNO3/c28-24-14-19(10-11-29-16-22(17-29)27(30)31)6-8-23(24)26-15-21-13-20(7-9-25(21)32-26)12-18-4-2-1-3-5-18/h1-9,13-15,22H,10-12,16-17H2,(H,30,31). The van der Waals surface area contributed by atoms with E-state index in [4.69, 9.17) is 9.52 Å². The first-order chi connectivity index (χ1) is 15.5. The molecule has 4 nitrogen and oxygen atoms in total. The molecule has 1 aliphatic heterocycles. The second-order valence-electron chi connectivity index (χ2n) is 8.50.